The Morgan fingerprint density at radius 1 is 1.13 bits per heavy atom. The minimum Gasteiger partial charge on any atom is -0.462 e. The molecule has 118 valence electrons. The summed E-state index contributed by atoms with van der Waals surface area (Å²) in [6, 6.07) is 8.08. The van der Waals surface area contributed by atoms with Crippen LogP contribution < -0.4 is 0 Å². The number of hydrogen-bond acceptors (Lipinski definition) is 2. The molecule has 0 aliphatic heterocycles. The third-order valence-electron chi connectivity index (χ3n) is 3.45. The molecule has 3 rings (SSSR count). The lowest BCUT2D eigenvalue weighted by Gasteiger charge is -2.09. The quantitative estimate of drug-likeness (QED) is 0.534. The van der Waals surface area contributed by atoms with E-state index in [1.165, 1.54) is 22.9 Å². The molecule has 0 unspecified atom stereocenters. The maximum Gasteiger partial charge on any atom is 0.338 e. The van der Waals surface area contributed by atoms with Gasteiger partial charge in [-0.3, -0.25) is 0 Å². The summed E-state index contributed by atoms with van der Waals surface area (Å²) >= 11 is 0. The number of benzene rings is 2. The van der Waals surface area contributed by atoms with Crippen molar-refractivity contribution < 1.29 is 22.7 Å². The smallest absolute Gasteiger partial charge is 0.338 e. The fraction of sp³-hybridized carbons (Fsp3) is 0.118. The molecule has 3 aromatic rings. The van der Waals surface area contributed by atoms with E-state index in [2.05, 4.69) is 0 Å². The molecular weight excluding hydrogens is 307 g/mol. The zero-order valence-electron chi connectivity index (χ0n) is 12.1. The van der Waals surface area contributed by atoms with Crippen LogP contribution in [0.4, 0.5) is 13.2 Å². The highest BCUT2D eigenvalue weighted by Gasteiger charge is 2.17. The van der Waals surface area contributed by atoms with Crippen LogP contribution in [0, 0.1) is 17.5 Å². The topological polar surface area (TPSA) is 31.2 Å². The molecule has 0 saturated heterocycles. The molecule has 0 radical (unpaired) electrons. The second-order valence-corrected chi connectivity index (χ2v) is 4.87. The monoisotopic (exact) mass is 319 g/mol. The first-order valence-corrected chi connectivity index (χ1v) is 6.95. The zero-order chi connectivity index (χ0) is 16.6. The van der Waals surface area contributed by atoms with Gasteiger partial charge in [-0.15, -0.1) is 0 Å². The summed E-state index contributed by atoms with van der Waals surface area (Å²) in [7, 11) is 0. The summed E-state index contributed by atoms with van der Waals surface area (Å²) in [5, 5.41) is -0.163. The molecular formula is C17H12F3NO2. The van der Waals surface area contributed by atoms with Crippen LogP contribution in [-0.2, 0) is 4.74 Å². The lowest BCUT2D eigenvalue weighted by atomic mass is 10.2. The fourth-order valence-electron chi connectivity index (χ4n) is 2.44. The third kappa shape index (κ3) is 2.56. The highest BCUT2D eigenvalue weighted by molar-refractivity contribution is 5.90. The van der Waals surface area contributed by atoms with Crippen molar-refractivity contribution in [3.63, 3.8) is 0 Å². The van der Waals surface area contributed by atoms with E-state index in [1.807, 2.05) is 0 Å². The van der Waals surface area contributed by atoms with Gasteiger partial charge in [0.1, 0.15) is 0 Å². The SMILES string of the molecule is CCOC(=O)c1cccc(-n2ccc3c(F)c(F)cc(F)c32)c1. The molecule has 0 aliphatic rings. The van der Waals surface area contributed by atoms with E-state index in [1.54, 1.807) is 25.1 Å². The first-order chi connectivity index (χ1) is 11.0. The standard InChI is InChI=1S/C17H12F3NO2/c1-2-23-17(22)10-4-3-5-11(8-10)21-7-6-12-15(20)13(18)9-14(19)16(12)21/h3-9H,2H2,1H3. The van der Waals surface area contributed by atoms with E-state index in [-0.39, 0.29) is 23.1 Å². The number of hydrogen-bond donors (Lipinski definition) is 0. The van der Waals surface area contributed by atoms with Gasteiger partial charge in [0.2, 0.25) is 0 Å². The van der Waals surface area contributed by atoms with E-state index in [0.717, 1.165) is 0 Å². The van der Waals surface area contributed by atoms with Crippen LogP contribution in [0.5, 0.6) is 0 Å². The maximum absolute atomic E-state index is 14.1. The molecule has 1 aromatic heterocycles. The van der Waals surface area contributed by atoms with Crippen LogP contribution in [0.1, 0.15) is 17.3 Å². The van der Waals surface area contributed by atoms with Gasteiger partial charge in [-0.05, 0) is 31.2 Å². The lowest BCUT2D eigenvalue weighted by molar-refractivity contribution is 0.0526. The molecule has 0 spiro atoms. The molecule has 2 aromatic carbocycles. The summed E-state index contributed by atoms with van der Waals surface area (Å²) in [4.78, 5) is 11.8. The fourth-order valence-corrected chi connectivity index (χ4v) is 2.44. The van der Waals surface area contributed by atoms with Crippen LogP contribution in [0.3, 0.4) is 0 Å². The normalized spacial score (nSPS) is 11.0. The summed E-state index contributed by atoms with van der Waals surface area (Å²) < 4.78 is 47.4. The Balaban J connectivity index is 2.16. The number of carbonyl (C=O) groups is 1. The van der Waals surface area contributed by atoms with Crippen LogP contribution in [-0.4, -0.2) is 17.1 Å². The van der Waals surface area contributed by atoms with Gasteiger partial charge in [-0.1, -0.05) is 6.07 Å². The van der Waals surface area contributed by atoms with Crippen molar-refractivity contribution >= 4 is 16.9 Å². The molecule has 3 nitrogen and oxygen atoms in total. The average Bonchev–Trinajstić information content (AvgIpc) is 2.99. The minimum atomic E-state index is -1.24. The van der Waals surface area contributed by atoms with E-state index >= 15 is 0 Å². The zero-order valence-corrected chi connectivity index (χ0v) is 12.1. The predicted octanol–water partition coefficient (Wildman–Crippen LogP) is 4.22. The summed E-state index contributed by atoms with van der Waals surface area (Å²) in [5.41, 5.74) is 0.634. The van der Waals surface area contributed by atoms with Gasteiger partial charge < -0.3 is 9.30 Å². The lowest BCUT2D eigenvalue weighted by Crippen LogP contribution is -2.05. The van der Waals surface area contributed by atoms with Crippen molar-refractivity contribution in [2.45, 2.75) is 6.92 Å². The van der Waals surface area contributed by atoms with Crippen molar-refractivity contribution in [1.29, 1.82) is 0 Å². The Bertz CT molecular complexity index is 902. The van der Waals surface area contributed by atoms with E-state index in [9.17, 15) is 18.0 Å². The average molecular weight is 319 g/mol. The predicted molar refractivity (Wildman–Crippen MR) is 79.1 cm³/mol. The van der Waals surface area contributed by atoms with Gasteiger partial charge >= 0.3 is 5.97 Å². The minimum absolute atomic E-state index is 0.0927. The number of aromatic nitrogens is 1. The van der Waals surface area contributed by atoms with Gasteiger partial charge in [0, 0.05) is 23.3 Å². The number of nitrogens with zero attached hydrogens (tertiary/aromatic N) is 1. The van der Waals surface area contributed by atoms with Crippen LogP contribution in [0.2, 0.25) is 0 Å². The van der Waals surface area contributed by atoms with Gasteiger partial charge in [-0.2, -0.15) is 0 Å². The van der Waals surface area contributed by atoms with Crippen LogP contribution in [0.25, 0.3) is 16.6 Å². The van der Waals surface area contributed by atoms with Crippen molar-refractivity contribution in [3.8, 4) is 5.69 Å². The second-order valence-electron chi connectivity index (χ2n) is 4.87. The Morgan fingerprint density at radius 3 is 2.65 bits per heavy atom. The number of rotatable bonds is 3. The van der Waals surface area contributed by atoms with Gasteiger partial charge in [0.05, 0.1) is 17.7 Å². The Kier molecular flexibility index (Phi) is 3.82. The van der Waals surface area contributed by atoms with Gasteiger partial charge in [0.25, 0.3) is 0 Å². The van der Waals surface area contributed by atoms with Gasteiger partial charge in [-0.25, -0.2) is 18.0 Å². The highest BCUT2D eigenvalue weighted by Crippen LogP contribution is 2.27. The van der Waals surface area contributed by atoms with E-state index in [4.69, 9.17) is 4.74 Å². The maximum atomic E-state index is 14.1. The van der Waals surface area contributed by atoms with E-state index < -0.39 is 23.4 Å². The molecule has 0 atom stereocenters. The summed E-state index contributed by atoms with van der Waals surface area (Å²) in [5.74, 6) is -3.75. The number of esters is 1. The molecule has 0 bridgehead atoms. The molecule has 6 heteroatoms. The van der Waals surface area contributed by atoms with Crippen molar-refractivity contribution in [3.05, 3.63) is 65.6 Å². The van der Waals surface area contributed by atoms with Crippen molar-refractivity contribution in [1.82, 2.24) is 4.57 Å². The van der Waals surface area contributed by atoms with Crippen LogP contribution in [0.15, 0.2) is 42.6 Å². The Hall–Kier alpha value is -2.76. The molecule has 1 heterocycles. The summed E-state index contributed by atoms with van der Waals surface area (Å²) in [6.45, 7) is 1.92. The molecule has 0 aliphatic carbocycles. The highest BCUT2D eigenvalue weighted by atomic mass is 19.2. The molecule has 0 fully saturated rings. The first kappa shape index (κ1) is 15.1. The largest absolute Gasteiger partial charge is 0.462 e. The first-order valence-electron chi connectivity index (χ1n) is 6.95. The van der Waals surface area contributed by atoms with E-state index in [0.29, 0.717) is 11.8 Å². The second kappa shape index (κ2) is 5.79. The Labute approximate surface area is 129 Å². The molecule has 0 saturated carbocycles. The number of halogens is 3. The van der Waals surface area contributed by atoms with Gasteiger partial charge in [0.15, 0.2) is 17.5 Å². The Morgan fingerprint density at radius 2 is 1.91 bits per heavy atom. The summed E-state index contributed by atoms with van der Waals surface area (Å²) in [6.07, 6.45) is 1.42. The molecule has 23 heavy (non-hydrogen) atoms. The number of ether oxygens (including phenoxy) is 1. The molecule has 0 N–H and O–H groups in total. The molecule has 0 amide bonds. The number of fused-ring (bicyclic) bond motifs is 1. The van der Waals surface area contributed by atoms with Crippen molar-refractivity contribution in [2.75, 3.05) is 6.61 Å². The number of carbonyl (C=O) groups excluding carboxylic acids is 1. The van der Waals surface area contributed by atoms with Crippen LogP contribution >= 0.6 is 0 Å². The third-order valence-corrected chi connectivity index (χ3v) is 3.45. The van der Waals surface area contributed by atoms with Crippen molar-refractivity contribution in [2.24, 2.45) is 0 Å².